The SMILES string of the molecule is CCOC(=O)c1cnc2[nH]ccc2c1NC1C2CC3CC(C2)CC1C3. The van der Waals surface area contributed by atoms with Crippen LogP contribution >= 0.6 is 0 Å². The molecule has 0 aromatic carbocycles. The van der Waals surface area contributed by atoms with Gasteiger partial charge >= 0.3 is 5.97 Å². The number of carbonyl (C=O) groups is 1. The van der Waals surface area contributed by atoms with Crippen LogP contribution in [0.3, 0.4) is 0 Å². The minimum atomic E-state index is -0.288. The molecule has 0 spiro atoms. The highest BCUT2D eigenvalue weighted by Crippen LogP contribution is 2.54. The average molecular weight is 339 g/mol. The Morgan fingerprint density at radius 3 is 2.64 bits per heavy atom. The van der Waals surface area contributed by atoms with Gasteiger partial charge in [-0.1, -0.05) is 0 Å². The highest BCUT2D eigenvalue weighted by atomic mass is 16.5. The molecule has 2 N–H and O–H groups in total. The first-order chi connectivity index (χ1) is 12.2. The Morgan fingerprint density at radius 2 is 1.96 bits per heavy atom. The molecule has 2 aromatic heterocycles. The first-order valence-corrected chi connectivity index (χ1v) is 9.62. The molecule has 4 bridgehead atoms. The van der Waals surface area contributed by atoms with Gasteiger partial charge in [-0.3, -0.25) is 0 Å². The zero-order chi connectivity index (χ0) is 17.0. The van der Waals surface area contributed by atoms with Crippen molar-refractivity contribution in [3.63, 3.8) is 0 Å². The van der Waals surface area contributed by atoms with E-state index in [1.54, 1.807) is 6.20 Å². The highest BCUT2D eigenvalue weighted by Gasteiger charge is 2.48. The van der Waals surface area contributed by atoms with Crippen LogP contribution in [0.4, 0.5) is 5.69 Å². The number of esters is 1. The lowest BCUT2D eigenvalue weighted by Crippen LogP contribution is -2.51. The van der Waals surface area contributed by atoms with Gasteiger partial charge < -0.3 is 15.0 Å². The van der Waals surface area contributed by atoms with Crippen molar-refractivity contribution < 1.29 is 9.53 Å². The molecule has 0 unspecified atom stereocenters. The molecule has 0 radical (unpaired) electrons. The van der Waals surface area contributed by atoms with E-state index in [1.807, 2.05) is 19.2 Å². The van der Waals surface area contributed by atoms with Gasteiger partial charge in [0.05, 0.1) is 12.3 Å². The number of rotatable bonds is 4. The molecule has 132 valence electrons. The van der Waals surface area contributed by atoms with Gasteiger partial charge in [0.2, 0.25) is 0 Å². The summed E-state index contributed by atoms with van der Waals surface area (Å²) in [6, 6.07) is 2.48. The Kier molecular flexibility index (Phi) is 3.50. The van der Waals surface area contributed by atoms with Crippen molar-refractivity contribution in [2.24, 2.45) is 23.7 Å². The number of nitrogens with zero attached hydrogens (tertiary/aromatic N) is 1. The average Bonchev–Trinajstić information content (AvgIpc) is 3.06. The van der Waals surface area contributed by atoms with Gasteiger partial charge in [0, 0.05) is 23.8 Å². The Labute approximate surface area is 147 Å². The molecule has 4 fully saturated rings. The summed E-state index contributed by atoms with van der Waals surface area (Å²) in [6.07, 6.45) is 10.4. The third-order valence-corrected chi connectivity index (χ3v) is 6.62. The smallest absolute Gasteiger partial charge is 0.341 e. The second-order valence-corrected chi connectivity index (χ2v) is 8.11. The van der Waals surface area contributed by atoms with E-state index >= 15 is 0 Å². The molecule has 4 saturated carbocycles. The van der Waals surface area contributed by atoms with Crippen LogP contribution in [-0.4, -0.2) is 28.6 Å². The van der Waals surface area contributed by atoms with Crippen molar-refractivity contribution >= 4 is 22.7 Å². The maximum absolute atomic E-state index is 12.5. The fourth-order valence-corrected chi connectivity index (χ4v) is 5.85. The van der Waals surface area contributed by atoms with Gasteiger partial charge in [-0.25, -0.2) is 9.78 Å². The standard InChI is InChI=1S/C20H25N3O2/c1-2-25-20(24)16-10-22-19-15(3-4-21-19)18(16)23-17-13-6-11-5-12(8-13)9-14(17)7-11/h3-4,10-14,17H,2,5-9H2,1H3,(H2,21,22,23). The molecule has 4 aliphatic carbocycles. The van der Waals surface area contributed by atoms with Crippen molar-refractivity contribution in [1.82, 2.24) is 9.97 Å². The number of carbonyl (C=O) groups excluding carboxylic acids is 1. The molecule has 0 aliphatic heterocycles. The van der Waals surface area contributed by atoms with Gasteiger partial charge in [-0.15, -0.1) is 0 Å². The lowest BCUT2D eigenvalue weighted by Gasteiger charge is -2.54. The lowest BCUT2D eigenvalue weighted by atomic mass is 9.54. The lowest BCUT2D eigenvalue weighted by molar-refractivity contribution is 0.00751. The quantitative estimate of drug-likeness (QED) is 0.827. The van der Waals surface area contributed by atoms with Crippen LogP contribution in [0, 0.1) is 23.7 Å². The third kappa shape index (κ3) is 2.43. The number of hydrogen-bond acceptors (Lipinski definition) is 4. The summed E-state index contributed by atoms with van der Waals surface area (Å²) in [4.78, 5) is 20.0. The summed E-state index contributed by atoms with van der Waals surface area (Å²) in [5.41, 5.74) is 2.28. The molecule has 5 heteroatoms. The van der Waals surface area contributed by atoms with E-state index in [0.29, 0.717) is 18.2 Å². The fourth-order valence-electron chi connectivity index (χ4n) is 5.85. The fraction of sp³-hybridized carbons (Fsp3) is 0.600. The Hall–Kier alpha value is -2.04. The maximum atomic E-state index is 12.5. The monoisotopic (exact) mass is 339 g/mol. The van der Waals surface area contributed by atoms with Crippen LogP contribution < -0.4 is 5.32 Å². The molecule has 0 amide bonds. The summed E-state index contributed by atoms with van der Waals surface area (Å²) in [5.74, 6) is 3.08. The number of nitrogens with one attached hydrogen (secondary N) is 2. The first kappa shape index (κ1) is 15.2. The van der Waals surface area contributed by atoms with Crippen molar-refractivity contribution in [2.45, 2.75) is 45.1 Å². The topological polar surface area (TPSA) is 67.0 Å². The highest BCUT2D eigenvalue weighted by molar-refractivity contribution is 6.04. The number of aromatic amines is 1. The van der Waals surface area contributed by atoms with Crippen LogP contribution in [-0.2, 0) is 4.74 Å². The van der Waals surface area contributed by atoms with E-state index < -0.39 is 0 Å². The Bertz CT molecular complexity index is 784. The minimum Gasteiger partial charge on any atom is -0.462 e. The van der Waals surface area contributed by atoms with Crippen LogP contribution in [0.15, 0.2) is 18.5 Å². The normalized spacial score (nSPS) is 32.9. The maximum Gasteiger partial charge on any atom is 0.341 e. The molecule has 25 heavy (non-hydrogen) atoms. The van der Waals surface area contributed by atoms with Gasteiger partial charge in [-0.05, 0) is 68.8 Å². The van der Waals surface area contributed by atoms with Crippen molar-refractivity contribution in [3.8, 4) is 0 Å². The van der Waals surface area contributed by atoms with E-state index in [2.05, 4.69) is 15.3 Å². The molecular weight excluding hydrogens is 314 g/mol. The van der Waals surface area contributed by atoms with E-state index in [4.69, 9.17) is 4.74 Å². The number of ether oxygens (including phenoxy) is 1. The summed E-state index contributed by atoms with van der Waals surface area (Å²) in [7, 11) is 0. The zero-order valence-corrected chi connectivity index (χ0v) is 14.6. The number of fused-ring (bicyclic) bond motifs is 1. The molecule has 4 aliphatic rings. The Morgan fingerprint density at radius 1 is 1.24 bits per heavy atom. The third-order valence-electron chi connectivity index (χ3n) is 6.62. The number of pyridine rings is 1. The van der Waals surface area contributed by atoms with Gasteiger partial charge in [0.15, 0.2) is 0 Å². The predicted molar refractivity (Wildman–Crippen MR) is 96.5 cm³/mol. The van der Waals surface area contributed by atoms with Gasteiger partial charge in [0.1, 0.15) is 11.2 Å². The summed E-state index contributed by atoms with van der Waals surface area (Å²) in [6.45, 7) is 2.21. The molecular formula is C20H25N3O2. The molecule has 0 atom stereocenters. The minimum absolute atomic E-state index is 0.288. The Balaban J connectivity index is 1.52. The molecule has 2 heterocycles. The molecule has 0 saturated heterocycles. The van der Waals surface area contributed by atoms with Crippen LogP contribution in [0.2, 0.25) is 0 Å². The summed E-state index contributed by atoms with van der Waals surface area (Å²) in [5, 5.41) is 4.79. The number of H-pyrrole nitrogens is 1. The van der Waals surface area contributed by atoms with Crippen molar-refractivity contribution in [1.29, 1.82) is 0 Å². The first-order valence-electron chi connectivity index (χ1n) is 9.62. The summed E-state index contributed by atoms with van der Waals surface area (Å²) >= 11 is 0. The van der Waals surface area contributed by atoms with Crippen LogP contribution in [0.5, 0.6) is 0 Å². The number of hydrogen-bond donors (Lipinski definition) is 2. The molecule has 6 rings (SSSR count). The van der Waals surface area contributed by atoms with E-state index in [1.165, 1.54) is 32.1 Å². The van der Waals surface area contributed by atoms with E-state index in [-0.39, 0.29) is 5.97 Å². The number of anilines is 1. The predicted octanol–water partition coefficient (Wildman–Crippen LogP) is 3.98. The summed E-state index contributed by atoms with van der Waals surface area (Å²) < 4.78 is 5.27. The van der Waals surface area contributed by atoms with Crippen LogP contribution in [0.1, 0.15) is 49.4 Å². The van der Waals surface area contributed by atoms with Crippen LogP contribution in [0.25, 0.3) is 11.0 Å². The molecule has 5 nitrogen and oxygen atoms in total. The van der Waals surface area contributed by atoms with Crippen molar-refractivity contribution in [2.75, 3.05) is 11.9 Å². The largest absolute Gasteiger partial charge is 0.462 e. The second-order valence-electron chi connectivity index (χ2n) is 8.11. The van der Waals surface area contributed by atoms with E-state index in [9.17, 15) is 4.79 Å². The second kappa shape index (κ2) is 5.75. The molecule has 2 aromatic rings. The number of aromatic nitrogens is 2. The van der Waals surface area contributed by atoms with Crippen molar-refractivity contribution in [3.05, 3.63) is 24.0 Å². The van der Waals surface area contributed by atoms with Gasteiger partial charge in [0.25, 0.3) is 0 Å². The van der Waals surface area contributed by atoms with E-state index in [0.717, 1.165) is 40.4 Å². The van der Waals surface area contributed by atoms with Gasteiger partial charge in [-0.2, -0.15) is 0 Å². The zero-order valence-electron chi connectivity index (χ0n) is 14.6.